The fraction of sp³-hybridized carbons (Fsp3) is 0.333. The summed E-state index contributed by atoms with van der Waals surface area (Å²) in [7, 11) is 0. The molecule has 2 aromatic carbocycles. The second kappa shape index (κ2) is 8.70. The average Bonchev–Trinajstić information content (AvgIpc) is 2.75. The van der Waals surface area contributed by atoms with E-state index in [1.165, 1.54) is 0 Å². The van der Waals surface area contributed by atoms with Crippen LogP contribution in [0.4, 0.5) is 5.69 Å². The number of phenolic OH excluding ortho intramolecular Hbond substituents is 1. The van der Waals surface area contributed by atoms with Gasteiger partial charge in [-0.15, -0.1) is 0 Å². The lowest BCUT2D eigenvalue weighted by atomic mass is 9.87. The number of hydrogen-bond acceptors (Lipinski definition) is 5. The fourth-order valence-electron chi connectivity index (χ4n) is 4.24. The van der Waals surface area contributed by atoms with Crippen LogP contribution in [0.5, 0.6) is 11.5 Å². The molecule has 0 saturated carbocycles. The molecule has 0 bridgehead atoms. The number of anilines is 1. The minimum absolute atomic E-state index is 0.0768. The van der Waals surface area contributed by atoms with E-state index >= 15 is 0 Å². The summed E-state index contributed by atoms with van der Waals surface area (Å²) in [5.41, 5.74) is 10.4. The zero-order valence-corrected chi connectivity index (χ0v) is 19.3. The Morgan fingerprint density at radius 2 is 1.84 bits per heavy atom. The first kappa shape index (κ1) is 22.0. The van der Waals surface area contributed by atoms with Crippen molar-refractivity contribution in [2.24, 2.45) is 0 Å². The number of para-hydroxylation sites is 1. The number of aryl methyl sites for hydroxylation is 2. The number of piperidine rings is 1. The number of aromatic hydroxyl groups is 1. The van der Waals surface area contributed by atoms with Gasteiger partial charge in [0.15, 0.2) is 5.11 Å². The molecule has 4 N–H and O–H groups in total. The number of fused-ring (bicyclic) bond motifs is 1. The smallest absolute Gasteiger partial charge is 0.219 e. The first-order chi connectivity index (χ1) is 15.3. The van der Waals surface area contributed by atoms with Crippen molar-refractivity contribution in [2.45, 2.75) is 39.2 Å². The molecule has 2 aromatic rings. The van der Waals surface area contributed by atoms with Crippen LogP contribution in [0.25, 0.3) is 5.70 Å². The Morgan fingerprint density at radius 1 is 1.16 bits per heavy atom. The molecule has 0 aliphatic carbocycles. The number of phenols is 1. The van der Waals surface area contributed by atoms with Crippen molar-refractivity contribution < 1.29 is 14.6 Å². The Hall–Kier alpha value is -3.26. The van der Waals surface area contributed by atoms with Crippen LogP contribution in [-0.2, 0) is 4.79 Å². The van der Waals surface area contributed by atoms with E-state index in [9.17, 15) is 9.90 Å². The molecule has 1 saturated heterocycles. The van der Waals surface area contributed by atoms with Gasteiger partial charge in [0.1, 0.15) is 17.1 Å². The third kappa shape index (κ3) is 4.50. The van der Waals surface area contributed by atoms with Crippen LogP contribution in [0.15, 0.2) is 42.5 Å². The summed E-state index contributed by atoms with van der Waals surface area (Å²) in [6.45, 7) is 6.92. The van der Waals surface area contributed by atoms with Crippen LogP contribution in [0, 0.1) is 13.8 Å². The van der Waals surface area contributed by atoms with E-state index < -0.39 is 5.60 Å². The molecule has 8 heteroatoms. The number of nitrogens with one attached hydrogen (secondary N) is 3. The number of hydrazine groups is 1. The predicted octanol–water partition coefficient (Wildman–Crippen LogP) is 3.61. The number of carbonyl (C=O) groups excluding carboxylic acids is 1. The number of thiocarbonyl (C=S) groups is 1. The van der Waals surface area contributed by atoms with Gasteiger partial charge < -0.3 is 20.1 Å². The summed E-state index contributed by atoms with van der Waals surface area (Å²) in [5, 5.41) is 13.7. The Kier molecular flexibility index (Phi) is 5.97. The molecule has 168 valence electrons. The van der Waals surface area contributed by atoms with Crippen LogP contribution < -0.4 is 20.9 Å². The van der Waals surface area contributed by atoms with E-state index in [0.29, 0.717) is 36.8 Å². The first-order valence-corrected chi connectivity index (χ1v) is 11.1. The largest absolute Gasteiger partial charge is 0.508 e. The zero-order chi connectivity index (χ0) is 22.9. The van der Waals surface area contributed by atoms with Crippen LogP contribution in [0.2, 0.25) is 0 Å². The van der Waals surface area contributed by atoms with Crippen LogP contribution in [0.1, 0.15) is 36.5 Å². The molecule has 32 heavy (non-hydrogen) atoms. The number of amides is 1. The van der Waals surface area contributed by atoms with Crippen molar-refractivity contribution in [1.82, 2.24) is 15.8 Å². The fourth-order valence-corrected chi connectivity index (χ4v) is 4.39. The Balaban J connectivity index is 1.53. The molecule has 0 radical (unpaired) electrons. The summed E-state index contributed by atoms with van der Waals surface area (Å²) >= 11 is 5.50. The Bertz CT molecular complexity index is 1070. The molecule has 4 rings (SSSR count). The molecule has 1 amide bonds. The summed E-state index contributed by atoms with van der Waals surface area (Å²) in [4.78, 5) is 13.6. The van der Waals surface area contributed by atoms with Gasteiger partial charge in [0.2, 0.25) is 5.91 Å². The summed E-state index contributed by atoms with van der Waals surface area (Å²) in [6, 6.07) is 11.1. The molecule has 2 aliphatic heterocycles. The van der Waals surface area contributed by atoms with Crippen molar-refractivity contribution in [2.75, 3.05) is 18.4 Å². The van der Waals surface area contributed by atoms with Gasteiger partial charge in [-0.2, -0.15) is 0 Å². The van der Waals surface area contributed by atoms with Crippen molar-refractivity contribution in [3.63, 3.8) is 0 Å². The molecule has 2 aliphatic rings. The topological polar surface area (TPSA) is 85.9 Å². The number of hydrogen-bond donors (Lipinski definition) is 4. The van der Waals surface area contributed by atoms with E-state index in [1.54, 1.807) is 25.1 Å². The minimum Gasteiger partial charge on any atom is -0.508 e. The lowest BCUT2D eigenvalue weighted by Crippen LogP contribution is -2.50. The molecule has 0 atom stereocenters. The minimum atomic E-state index is -0.526. The highest BCUT2D eigenvalue weighted by molar-refractivity contribution is 7.80. The van der Waals surface area contributed by atoms with E-state index in [4.69, 9.17) is 17.0 Å². The molecule has 7 nitrogen and oxygen atoms in total. The third-order valence-electron chi connectivity index (χ3n) is 6.06. The standard InChI is InChI=1S/C24H28N4O3S/c1-15-5-4-6-16(2)22(15)25-23(32)27-26-20-14-24(9-11-28(12-10-24)17(3)29)31-21-8-7-18(30)13-19(20)21/h4-8,13-14,26,30H,9-12H2,1-3H3,(H2,25,27,32). The molecular formula is C24H28N4O3S. The number of likely N-dealkylation sites (tertiary alicyclic amines) is 1. The maximum Gasteiger partial charge on any atom is 0.219 e. The van der Waals surface area contributed by atoms with Crippen LogP contribution >= 0.6 is 12.2 Å². The van der Waals surface area contributed by atoms with Gasteiger partial charge in [-0.3, -0.25) is 15.6 Å². The Morgan fingerprint density at radius 3 is 2.50 bits per heavy atom. The number of rotatable bonds is 3. The number of benzene rings is 2. The van der Waals surface area contributed by atoms with Gasteiger partial charge in [0.05, 0.1) is 5.70 Å². The molecule has 0 unspecified atom stereocenters. The Labute approximate surface area is 193 Å². The van der Waals surface area contributed by atoms with Crippen LogP contribution in [0.3, 0.4) is 0 Å². The number of nitrogens with zero attached hydrogens (tertiary/aromatic N) is 1. The van der Waals surface area contributed by atoms with Crippen LogP contribution in [-0.4, -0.2) is 39.7 Å². The average molecular weight is 453 g/mol. The molecule has 1 fully saturated rings. The lowest BCUT2D eigenvalue weighted by Gasteiger charge is -2.42. The maximum atomic E-state index is 11.7. The SMILES string of the molecule is CC(=O)N1CCC2(C=C(NNC(=S)Nc3c(C)cccc3C)c3cc(O)ccc3O2)CC1. The lowest BCUT2D eigenvalue weighted by molar-refractivity contribution is -0.131. The quantitative estimate of drug-likeness (QED) is 0.418. The number of carbonyl (C=O) groups is 1. The highest BCUT2D eigenvalue weighted by Gasteiger charge is 2.39. The second-order valence-electron chi connectivity index (χ2n) is 8.38. The normalized spacial score (nSPS) is 16.5. The van der Waals surface area contributed by atoms with Crippen molar-refractivity contribution in [3.05, 3.63) is 59.2 Å². The summed E-state index contributed by atoms with van der Waals surface area (Å²) in [5.74, 6) is 0.908. The van der Waals surface area contributed by atoms with E-state index in [2.05, 4.69) is 16.2 Å². The maximum absolute atomic E-state index is 11.7. The third-order valence-corrected chi connectivity index (χ3v) is 6.26. The molecule has 0 aromatic heterocycles. The molecule has 2 heterocycles. The second-order valence-corrected chi connectivity index (χ2v) is 8.79. The van der Waals surface area contributed by atoms with Gasteiger partial charge in [-0.1, -0.05) is 18.2 Å². The van der Waals surface area contributed by atoms with E-state index in [-0.39, 0.29) is 11.7 Å². The van der Waals surface area contributed by atoms with Crippen molar-refractivity contribution in [1.29, 1.82) is 0 Å². The predicted molar refractivity (Wildman–Crippen MR) is 129 cm³/mol. The van der Waals surface area contributed by atoms with Gasteiger partial charge in [0, 0.05) is 44.1 Å². The highest BCUT2D eigenvalue weighted by atomic mass is 32.1. The van der Waals surface area contributed by atoms with E-state index in [0.717, 1.165) is 28.1 Å². The highest BCUT2D eigenvalue weighted by Crippen LogP contribution is 2.41. The van der Waals surface area contributed by atoms with Gasteiger partial charge in [0.25, 0.3) is 0 Å². The monoisotopic (exact) mass is 452 g/mol. The summed E-state index contributed by atoms with van der Waals surface area (Å²) < 4.78 is 6.37. The molecule has 1 spiro atoms. The van der Waals surface area contributed by atoms with Gasteiger partial charge in [-0.25, -0.2) is 0 Å². The molecular weight excluding hydrogens is 424 g/mol. The van der Waals surface area contributed by atoms with Crippen molar-refractivity contribution in [3.8, 4) is 11.5 Å². The zero-order valence-electron chi connectivity index (χ0n) is 18.5. The summed E-state index contributed by atoms with van der Waals surface area (Å²) in [6.07, 6.45) is 3.40. The van der Waals surface area contributed by atoms with E-state index in [1.807, 2.05) is 43.0 Å². The van der Waals surface area contributed by atoms with Gasteiger partial charge in [-0.05, 0) is 61.5 Å². The first-order valence-electron chi connectivity index (χ1n) is 10.7. The van der Waals surface area contributed by atoms with Crippen molar-refractivity contribution >= 4 is 34.6 Å². The van der Waals surface area contributed by atoms with Gasteiger partial charge >= 0.3 is 0 Å². The number of ether oxygens (including phenoxy) is 1.